The Labute approximate surface area is 119 Å². The van der Waals surface area contributed by atoms with Crippen LogP contribution >= 0.6 is 15.9 Å². The van der Waals surface area contributed by atoms with E-state index in [4.69, 9.17) is 5.26 Å². The second-order valence-corrected chi connectivity index (χ2v) is 5.07. The SMILES string of the molecule is N#C/N=C(\NCCF)NC1CCc2c(Br)cccc21. The van der Waals surface area contributed by atoms with Crippen LogP contribution in [-0.2, 0) is 6.42 Å². The van der Waals surface area contributed by atoms with E-state index in [1.54, 1.807) is 6.19 Å². The summed E-state index contributed by atoms with van der Waals surface area (Å²) in [4.78, 5) is 3.64. The number of nitrogens with zero attached hydrogens (tertiary/aromatic N) is 2. The van der Waals surface area contributed by atoms with Crippen LogP contribution in [0.15, 0.2) is 27.7 Å². The van der Waals surface area contributed by atoms with Gasteiger partial charge in [-0.05, 0) is 30.0 Å². The van der Waals surface area contributed by atoms with E-state index in [2.05, 4.69) is 37.6 Å². The highest BCUT2D eigenvalue weighted by Gasteiger charge is 2.24. The minimum Gasteiger partial charge on any atom is -0.353 e. The molecular formula is C13H14BrFN4. The van der Waals surface area contributed by atoms with Gasteiger partial charge in [-0.2, -0.15) is 5.26 Å². The third-order valence-electron chi connectivity index (χ3n) is 3.07. The summed E-state index contributed by atoms with van der Waals surface area (Å²) in [5.74, 6) is 0.331. The molecule has 2 rings (SSSR count). The molecule has 2 N–H and O–H groups in total. The molecule has 1 aliphatic carbocycles. The summed E-state index contributed by atoms with van der Waals surface area (Å²) in [6.45, 7) is -0.357. The maximum absolute atomic E-state index is 12.2. The topological polar surface area (TPSA) is 60.2 Å². The molecule has 0 heterocycles. The second-order valence-electron chi connectivity index (χ2n) is 4.22. The van der Waals surface area contributed by atoms with Crippen molar-refractivity contribution in [1.82, 2.24) is 10.6 Å². The number of nitrogens with one attached hydrogen (secondary N) is 2. The normalized spacial score (nSPS) is 17.7. The summed E-state index contributed by atoms with van der Waals surface area (Å²) < 4.78 is 13.3. The Bertz CT molecular complexity index is 524. The van der Waals surface area contributed by atoms with Crippen LogP contribution in [0.3, 0.4) is 0 Å². The lowest BCUT2D eigenvalue weighted by atomic mass is 10.1. The number of rotatable bonds is 3. The van der Waals surface area contributed by atoms with Crippen LogP contribution in [0.25, 0.3) is 0 Å². The van der Waals surface area contributed by atoms with Crippen LogP contribution in [0.2, 0.25) is 0 Å². The zero-order chi connectivity index (χ0) is 13.7. The van der Waals surface area contributed by atoms with Gasteiger partial charge in [-0.25, -0.2) is 4.39 Å². The van der Waals surface area contributed by atoms with Gasteiger partial charge in [-0.15, -0.1) is 4.99 Å². The van der Waals surface area contributed by atoms with E-state index >= 15 is 0 Å². The lowest BCUT2D eigenvalue weighted by Gasteiger charge is -2.17. The molecule has 0 fully saturated rings. The van der Waals surface area contributed by atoms with Crippen molar-refractivity contribution in [3.8, 4) is 6.19 Å². The minimum atomic E-state index is -0.501. The van der Waals surface area contributed by atoms with Gasteiger partial charge in [0.25, 0.3) is 0 Å². The number of nitriles is 1. The number of hydrogen-bond acceptors (Lipinski definition) is 2. The standard InChI is InChI=1S/C13H14BrFN4/c14-11-3-1-2-10-9(11)4-5-12(10)19-13(18-8-16)17-7-6-15/h1-3,12H,4-7H2,(H2,17,18,19). The molecule has 1 aliphatic rings. The quantitative estimate of drug-likeness (QED) is 0.510. The molecule has 4 nitrogen and oxygen atoms in total. The summed E-state index contributed by atoms with van der Waals surface area (Å²) in [6, 6.07) is 6.17. The fraction of sp³-hybridized carbons (Fsp3) is 0.385. The monoisotopic (exact) mass is 324 g/mol. The van der Waals surface area contributed by atoms with Crippen molar-refractivity contribution in [3.05, 3.63) is 33.8 Å². The van der Waals surface area contributed by atoms with E-state index in [1.165, 1.54) is 11.1 Å². The number of alkyl halides is 1. The van der Waals surface area contributed by atoms with Crippen molar-refractivity contribution in [2.75, 3.05) is 13.2 Å². The fourth-order valence-electron chi connectivity index (χ4n) is 2.26. The van der Waals surface area contributed by atoms with Crippen LogP contribution in [-0.4, -0.2) is 19.2 Å². The molecule has 100 valence electrons. The number of fused-ring (bicyclic) bond motifs is 1. The molecular weight excluding hydrogens is 311 g/mol. The highest BCUT2D eigenvalue weighted by Crippen LogP contribution is 2.35. The molecule has 0 saturated carbocycles. The molecule has 1 aromatic carbocycles. The van der Waals surface area contributed by atoms with Gasteiger partial charge in [0.2, 0.25) is 12.2 Å². The molecule has 1 aromatic rings. The molecule has 6 heteroatoms. The zero-order valence-electron chi connectivity index (χ0n) is 10.3. The summed E-state index contributed by atoms with van der Waals surface area (Å²) >= 11 is 3.54. The van der Waals surface area contributed by atoms with Gasteiger partial charge in [0, 0.05) is 11.0 Å². The predicted octanol–water partition coefficient (Wildman–Crippen LogP) is 2.42. The molecule has 0 spiro atoms. The zero-order valence-corrected chi connectivity index (χ0v) is 11.9. The molecule has 0 saturated heterocycles. The lowest BCUT2D eigenvalue weighted by molar-refractivity contribution is 0.487. The Hall–Kier alpha value is -1.61. The van der Waals surface area contributed by atoms with Crippen molar-refractivity contribution >= 4 is 21.9 Å². The number of aliphatic imine (C=N–C) groups is 1. The fourth-order valence-corrected chi connectivity index (χ4v) is 2.84. The van der Waals surface area contributed by atoms with E-state index < -0.39 is 6.67 Å². The van der Waals surface area contributed by atoms with Gasteiger partial charge in [0.05, 0.1) is 6.04 Å². The van der Waals surface area contributed by atoms with Gasteiger partial charge >= 0.3 is 0 Å². The third kappa shape index (κ3) is 3.24. The molecule has 0 radical (unpaired) electrons. The van der Waals surface area contributed by atoms with Gasteiger partial charge in [0.15, 0.2) is 0 Å². The molecule has 1 unspecified atom stereocenters. The average Bonchev–Trinajstić information content (AvgIpc) is 2.81. The Morgan fingerprint density at radius 2 is 2.42 bits per heavy atom. The van der Waals surface area contributed by atoms with Crippen LogP contribution in [0.4, 0.5) is 4.39 Å². The van der Waals surface area contributed by atoms with E-state index in [9.17, 15) is 4.39 Å². The maximum Gasteiger partial charge on any atom is 0.209 e. The van der Waals surface area contributed by atoms with Crippen molar-refractivity contribution in [2.45, 2.75) is 18.9 Å². The van der Waals surface area contributed by atoms with E-state index in [1.807, 2.05) is 12.1 Å². The lowest BCUT2D eigenvalue weighted by Crippen LogP contribution is -2.39. The van der Waals surface area contributed by atoms with Crippen LogP contribution in [0.5, 0.6) is 0 Å². The Balaban J connectivity index is 2.11. The van der Waals surface area contributed by atoms with Crippen molar-refractivity contribution < 1.29 is 4.39 Å². The largest absolute Gasteiger partial charge is 0.353 e. The van der Waals surface area contributed by atoms with Crippen molar-refractivity contribution in [3.63, 3.8) is 0 Å². The van der Waals surface area contributed by atoms with Gasteiger partial charge < -0.3 is 10.6 Å². The number of guanidine groups is 1. The first-order valence-electron chi connectivity index (χ1n) is 6.06. The van der Waals surface area contributed by atoms with E-state index in [0.29, 0.717) is 5.96 Å². The van der Waals surface area contributed by atoms with Gasteiger partial charge in [-0.3, -0.25) is 0 Å². The Kier molecular flexibility index (Phi) is 4.74. The first kappa shape index (κ1) is 13.8. The first-order valence-corrected chi connectivity index (χ1v) is 6.86. The summed E-state index contributed by atoms with van der Waals surface area (Å²) in [6.07, 6.45) is 3.62. The van der Waals surface area contributed by atoms with Crippen LogP contribution < -0.4 is 10.6 Å². The average molecular weight is 325 g/mol. The summed E-state index contributed by atoms with van der Waals surface area (Å²) in [7, 11) is 0. The van der Waals surface area contributed by atoms with Crippen molar-refractivity contribution in [2.24, 2.45) is 4.99 Å². The highest BCUT2D eigenvalue weighted by atomic mass is 79.9. The molecule has 0 aromatic heterocycles. The molecule has 0 aliphatic heterocycles. The Morgan fingerprint density at radius 1 is 1.58 bits per heavy atom. The molecule has 19 heavy (non-hydrogen) atoms. The first-order chi connectivity index (χ1) is 9.26. The maximum atomic E-state index is 12.2. The number of halogens is 2. The van der Waals surface area contributed by atoms with Crippen LogP contribution in [0, 0.1) is 11.5 Å². The molecule has 0 bridgehead atoms. The van der Waals surface area contributed by atoms with Gasteiger partial charge in [-0.1, -0.05) is 28.1 Å². The van der Waals surface area contributed by atoms with Crippen molar-refractivity contribution in [1.29, 1.82) is 5.26 Å². The highest BCUT2D eigenvalue weighted by molar-refractivity contribution is 9.10. The smallest absolute Gasteiger partial charge is 0.209 e. The second kappa shape index (κ2) is 6.53. The minimum absolute atomic E-state index is 0.103. The number of hydrogen-bond donors (Lipinski definition) is 2. The number of benzene rings is 1. The van der Waals surface area contributed by atoms with Crippen LogP contribution in [0.1, 0.15) is 23.6 Å². The van der Waals surface area contributed by atoms with Gasteiger partial charge in [0.1, 0.15) is 6.67 Å². The van der Waals surface area contributed by atoms with E-state index in [0.717, 1.165) is 17.3 Å². The van der Waals surface area contributed by atoms with E-state index in [-0.39, 0.29) is 12.6 Å². The Morgan fingerprint density at radius 3 is 3.16 bits per heavy atom. The third-order valence-corrected chi connectivity index (χ3v) is 3.82. The molecule has 0 amide bonds. The molecule has 1 atom stereocenters. The summed E-state index contributed by atoms with van der Waals surface area (Å²) in [5, 5.41) is 14.6. The summed E-state index contributed by atoms with van der Waals surface area (Å²) in [5.41, 5.74) is 2.48. The predicted molar refractivity (Wildman–Crippen MR) is 75.4 cm³/mol.